The molecule has 0 aromatic heterocycles. The van der Waals surface area contributed by atoms with Crippen LogP contribution in [-0.4, -0.2) is 13.3 Å². The standard InChI is InChI=1S/C8H8N2O4S/c1-2-9-15(13,14)8-6-4-3-5-7(8)10(11)12/h2-6,9H,1H2. The summed E-state index contributed by atoms with van der Waals surface area (Å²) in [6.45, 7) is 3.19. The zero-order valence-corrected chi connectivity index (χ0v) is 8.40. The van der Waals surface area contributed by atoms with Crippen LogP contribution >= 0.6 is 0 Å². The molecule has 0 fully saturated rings. The lowest BCUT2D eigenvalue weighted by Gasteiger charge is -2.03. The minimum absolute atomic E-state index is 0.380. The average molecular weight is 228 g/mol. The zero-order valence-electron chi connectivity index (χ0n) is 7.58. The molecule has 7 heteroatoms. The molecule has 0 atom stereocenters. The first-order chi connectivity index (χ1) is 6.99. The Morgan fingerprint density at radius 1 is 1.40 bits per heavy atom. The van der Waals surface area contributed by atoms with E-state index in [0.29, 0.717) is 0 Å². The lowest BCUT2D eigenvalue weighted by Crippen LogP contribution is -2.18. The molecule has 80 valence electrons. The number of nitrogens with one attached hydrogen (secondary N) is 1. The predicted octanol–water partition coefficient (Wildman–Crippen LogP) is 1.02. The highest BCUT2D eigenvalue weighted by Gasteiger charge is 2.23. The van der Waals surface area contributed by atoms with Crippen molar-refractivity contribution in [3.8, 4) is 0 Å². The smallest absolute Gasteiger partial charge is 0.287 e. The summed E-state index contributed by atoms with van der Waals surface area (Å²) in [7, 11) is -3.90. The Labute approximate surface area is 86.4 Å². The van der Waals surface area contributed by atoms with Gasteiger partial charge in [-0.2, -0.15) is 0 Å². The van der Waals surface area contributed by atoms with E-state index in [1.165, 1.54) is 12.1 Å². The summed E-state index contributed by atoms with van der Waals surface area (Å²) in [6.07, 6.45) is 0.950. The van der Waals surface area contributed by atoms with Gasteiger partial charge in [0.25, 0.3) is 15.7 Å². The topological polar surface area (TPSA) is 89.3 Å². The molecule has 0 aliphatic carbocycles. The fourth-order valence-corrected chi connectivity index (χ4v) is 2.03. The number of sulfonamides is 1. The van der Waals surface area contributed by atoms with Gasteiger partial charge in [-0.15, -0.1) is 0 Å². The Kier molecular flexibility index (Phi) is 3.05. The van der Waals surface area contributed by atoms with Crippen molar-refractivity contribution in [3.63, 3.8) is 0 Å². The Hall–Kier alpha value is -1.89. The molecule has 0 aliphatic rings. The van der Waals surface area contributed by atoms with Crippen LogP contribution in [0.25, 0.3) is 0 Å². The summed E-state index contributed by atoms with van der Waals surface area (Å²) >= 11 is 0. The van der Waals surface area contributed by atoms with Gasteiger partial charge in [-0.3, -0.25) is 14.8 Å². The van der Waals surface area contributed by atoms with Crippen LogP contribution in [-0.2, 0) is 10.0 Å². The second-order valence-corrected chi connectivity index (χ2v) is 4.23. The fraction of sp³-hybridized carbons (Fsp3) is 0. The first kappa shape index (κ1) is 11.2. The number of para-hydroxylation sites is 1. The molecular weight excluding hydrogens is 220 g/mol. The number of hydrogen-bond donors (Lipinski definition) is 1. The van der Waals surface area contributed by atoms with E-state index in [4.69, 9.17) is 0 Å². The lowest BCUT2D eigenvalue weighted by molar-refractivity contribution is -0.387. The highest BCUT2D eigenvalue weighted by molar-refractivity contribution is 7.89. The van der Waals surface area contributed by atoms with E-state index in [2.05, 4.69) is 6.58 Å². The molecule has 1 rings (SSSR count). The van der Waals surface area contributed by atoms with Crippen LogP contribution in [0, 0.1) is 10.1 Å². The van der Waals surface area contributed by atoms with Gasteiger partial charge in [0.15, 0.2) is 4.90 Å². The number of benzene rings is 1. The van der Waals surface area contributed by atoms with E-state index in [-0.39, 0.29) is 4.90 Å². The number of nitrogens with zero attached hydrogens (tertiary/aromatic N) is 1. The minimum Gasteiger partial charge on any atom is -0.287 e. The maximum Gasteiger partial charge on any atom is 0.289 e. The van der Waals surface area contributed by atoms with Gasteiger partial charge in [-0.05, 0) is 6.07 Å². The van der Waals surface area contributed by atoms with Crippen LogP contribution in [0.2, 0.25) is 0 Å². The van der Waals surface area contributed by atoms with E-state index in [1.807, 2.05) is 4.72 Å². The SMILES string of the molecule is C=CNS(=O)(=O)c1ccccc1[N+](=O)[O-]. The normalized spacial score (nSPS) is 10.7. The third-order valence-corrected chi connectivity index (χ3v) is 2.99. The van der Waals surface area contributed by atoms with Crippen LogP contribution in [0.4, 0.5) is 5.69 Å². The largest absolute Gasteiger partial charge is 0.289 e. The van der Waals surface area contributed by atoms with Gasteiger partial charge in [0.05, 0.1) is 4.92 Å². The number of nitro groups is 1. The lowest BCUT2D eigenvalue weighted by atomic mass is 10.3. The van der Waals surface area contributed by atoms with E-state index in [9.17, 15) is 18.5 Å². The second kappa shape index (κ2) is 4.09. The van der Waals surface area contributed by atoms with Crippen LogP contribution in [0.1, 0.15) is 0 Å². The van der Waals surface area contributed by atoms with Crippen LogP contribution < -0.4 is 4.72 Å². The van der Waals surface area contributed by atoms with Crippen molar-refractivity contribution >= 4 is 15.7 Å². The van der Waals surface area contributed by atoms with Crippen LogP contribution in [0.5, 0.6) is 0 Å². The summed E-state index contributed by atoms with van der Waals surface area (Å²) in [4.78, 5) is 9.43. The Morgan fingerprint density at radius 3 is 2.53 bits per heavy atom. The van der Waals surface area contributed by atoms with Crippen molar-refractivity contribution in [1.29, 1.82) is 0 Å². The first-order valence-corrected chi connectivity index (χ1v) is 5.34. The molecule has 1 N–H and O–H groups in total. The molecule has 0 amide bonds. The summed E-state index contributed by atoms with van der Waals surface area (Å²) in [5, 5.41) is 10.6. The van der Waals surface area contributed by atoms with Gasteiger partial charge in [-0.25, -0.2) is 8.42 Å². The second-order valence-electron chi connectivity index (χ2n) is 2.55. The van der Waals surface area contributed by atoms with Crippen molar-refractivity contribution in [1.82, 2.24) is 4.72 Å². The van der Waals surface area contributed by atoms with Crippen molar-refractivity contribution in [2.45, 2.75) is 4.90 Å². The van der Waals surface area contributed by atoms with Gasteiger partial charge >= 0.3 is 0 Å². The summed E-state index contributed by atoms with van der Waals surface area (Å²) in [6, 6.07) is 5.08. The van der Waals surface area contributed by atoms with Crippen molar-refractivity contribution in [2.75, 3.05) is 0 Å². The molecule has 0 bridgehead atoms. The average Bonchev–Trinajstić information content (AvgIpc) is 2.17. The molecule has 6 nitrogen and oxygen atoms in total. The van der Waals surface area contributed by atoms with Gasteiger partial charge in [0, 0.05) is 12.3 Å². The van der Waals surface area contributed by atoms with E-state index < -0.39 is 20.6 Å². The molecule has 0 unspecified atom stereocenters. The summed E-state index contributed by atoms with van der Waals surface area (Å²) < 4.78 is 24.9. The van der Waals surface area contributed by atoms with Gasteiger partial charge < -0.3 is 0 Å². The number of nitro benzene ring substituents is 1. The molecular formula is C8H8N2O4S. The molecule has 15 heavy (non-hydrogen) atoms. The molecule has 0 radical (unpaired) electrons. The van der Waals surface area contributed by atoms with E-state index in [0.717, 1.165) is 18.3 Å². The fourth-order valence-electron chi connectivity index (χ4n) is 1.01. The van der Waals surface area contributed by atoms with Crippen molar-refractivity contribution in [2.24, 2.45) is 0 Å². The Morgan fingerprint density at radius 2 is 2.00 bits per heavy atom. The molecule has 0 spiro atoms. The third kappa shape index (κ3) is 2.32. The minimum atomic E-state index is -3.90. The van der Waals surface area contributed by atoms with Crippen molar-refractivity contribution in [3.05, 3.63) is 47.2 Å². The third-order valence-electron chi connectivity index (χ3n) is 1.59. The van der Waals surface area contributed by atoms with Crippen LogP contribution in [0.15, 0.2) is 41.9 Å². The van der Waals surface area contributed by atoms with Gasteiger partial charge in [0.2, 0.25) is 0 Å². The maximum absolute atomic E-state index is 11.5. The zero-order chi connectivity index (χ0) is 11.5. The number of hydrogen-bond acceptors (Lipinski definition) is 4. The van der Waals surface area contributed by atoms with Gasteiger partial charge in [0.1, 0.15) is 0 Å². The summed E-state index contributed by atoms with van der Waals surface area (Å²) in [5.74, 6) is 0. The first-order valence-electron chi connectivity index (χ1n) is 3.85. The van der Waals surface area contributed by atoms with Crippen molar-refractivity contribution < 1.29 is 13.3 Å². The number of rotatable bonds is 4. The van der Waals surface area contributed by atoms with Gasteiger partial charge in [-0.1, -0.05) is 18.7 Å². The summed E-state index contributed by atoms with van der Waals surface area (Å²) in [5.41, 5.74) is -0.466. The molecule has 0 saturated heterocycles. The maximum atomic E-state index is 11.5. The highest BCUT2D eigenvalue weighted by atomic mass is 32.2. The quantitative estimate of drug-likeness (QED) is 0.615. The molecule has 1 aromatic carbocycles. The molecule has 0 aliphatic heterocycles. The van der Waals surface area contributed by atoms with E-state index in [1.54, 1.807) is 0 Å². The van der Waals surface area contributed by atoms with Crippen LogP contribution in [0.3, 0.4) is 0 Å². The molecule has 0 saturated carbocycles. The Balaban J connectivity index is 3.37. The highest BCUT2D eigenvalue weighted by Crippen LogP contribution is 2.22. The monoisotopic (exact) mass is 228 g/mol. The van der Waals surface area contributed by atoms with E-state index >= 15 is 0 Å². The molecule has 0 heterocycles. The molecule has 1 aromatic rings. The predicted molar refractivity (Wildman–Crippen MR) is 53.6 cm³/mol. The Bertz CT molecular complexity index is 495.